The van der Waals surface area contributed by atoms with E-state index < -0.39 is 35.1 Å². The lowest BCUT2D eigenvalue weighted by Gasteiger charge is -2.54. The number of halogens is 5. The minimum Gasteiger partial charge on any atom is -0.420 e. The molecule has 3 aromatic rings. The van der Waals surface area contributed by atoms with E-state index in [9.17, 15) is 37.0 Å². The number of amidine groups is 2. The number of carbonyl (C=O) groups is 2. The predicted octanol–water partition coefficient (Wildman–Crippen LogP) is 10.4. The number of aromatic nitrogens is 3. The van der Waals surface area contributed by atoms with Crippen LogP contribution in [0, 0.1) is 51.4 Å². The van der Waals surface area contributed by atoms with Gasteiger partial charge in [-0.05, 0) is 122 Å². The number of aryl methyl sites for hydroxylation is 1. The van der Waals surface area contributed by atoms with Gasteiger partial charge < -0.3 is 62.5 Å². The van der Waals surface area contributed by atoms with Crippen LogP contribution in [0.2, 0.25) is 0 Å². The molecule has 6 rings (SSSR count). The summed E-state index contributed by atoms with van der Waals surface area (Å²) in [6.45, 7) is 22.9. The van der Waals surface area contributed by atoms with Gasteiger partial charge in [-0.25, -0.2) is 26.6 Å². The van der Waals surface area contributed by atoms with Gasteiger partial charge in [0.1, 0.15) is 17.9 Å². The zero-order valence-corrected chi connectivity index (χ0v) is 56.2. The van der Waals surface area contributed by atoms with Crippen molar-refractivity contribution in [3.63, 3.8) is 0 Å². The summed E-state index contributed by atoms with van der Waals surface area (Å²) in [7, 11) is 2.05. The largest absolute Gasteiger partial charge is 0.420 e. The Labute approximate surface area is 548 Å². The number of alkyl halides is 2. The monoisotopic (exact) mass is 1320 g/mol. The van der Waals surface area contributed by atoms with Crippen molar-refractivity contribution in [3.05, 3.63) is 77.4 Å². The number of ether oxygens (including phenoxy) is 9. The number of hydrogen-bond acceptors (Lipinski definition) is 18. The van der Waals surface area contributed by atoms with Gasteiger partial charge in [-0.2, -0.15) is 0 Å². The fourth-order valence-corrected chi connectivity index (χ4v) is 12.1. The number of esters is 1. The molecule has 1 aromatic heterocycles. The van der Waals surface area contributed by atoms with Gasteiger partial charge in [-0.3, -0.25) is 20.5 Å². The molecule has 2 aromatic carbocycles. The number of likely N-dealkylation sites (tertiary alicyclic amines) is 1. The van der Waals surface area contributed by atoms with Crippen molar-refractivity contribution < 1.29 is 74.2 Å². The van der Waals surface area contributed by atoms with Crippen LogP contribution in [0.1, 0.15) is 135 Å². The molecular weight excluding hydrogens is 1210 g/mol. The summed E-state index contributed by atoms with van der Waals surface area (Å²) >= 11 is 0. The molecule has 20 nitrogen and oxygen atoms in total. The van der Waals surface area contributed by atoms with Crippen LogP contribution in [0.15, 0.2) is 48.7 Å². The summed E-state index contributed by atoms with van der Waals surface area (Å²) in [6.07, 6.45) is 12.8. The van der Waals surface area contributed by atoms with Crippen molar-refractivity contribution in [1.29, 1.82) is 10.8 Å². The fourth-order valence-electron chi connectivity index (χ4n) is 12.1. The van der Waals surface area contributed by atoms with Crippen LogP contribution < -0.4 is 10.1 Å². The average Bonchev–Trinajstić information content (AvgIpc) is 1.00. The third kappa shape index (κ3) is 29.9. The lowest BCUT2D eigenvalue weighted by atomic mass is 9.58. The number of piperidine rings is 1. The number of rotatable bonds is 46. The second-order valence-electron chi connectivity index (χ2n) is 24.9. The maximum atomic E-state index is 13.6. The minimum absolute atomic E-state index is 0.0358. The average molecular weight is 1320 g/mol. The number of nitrogens with zero attached hydrogens (tertiary/aromatic N) is 6. The molecule has 93 heavy (non-hydrogen) atoms. The van der Waals surface area contributed by atoms with Crippen LogP contribution in [0.5, 0.6) is 5.75 Å². The van der Waals surface area contributed by atoms with Gasteiger partial charge in [0, 0.05) is 80.8 Å². The summed E-state index contributed by atoms with van der Waals surface area (Å²) in [4.78, 5) is 29.2. The number of hydrogen-bond donors (Lipinski definition) is 3. The van der Waals surface area contributed by atoms with Crippen molar-refractivity contribution in [2.45, 2.75) is 155 Å². The van der Waals surface area contributed by atoms with Crippen molar-refractivity contribution >= 4 is 23.9 Å². The van der Waals surface area contributed by atoms with Crippen molar-refractivity contribution in [1.82, 2.24) is 35.0 Å². The molecule has 4 unspecified atom stereocenters. The number of nitrogens with one attached hydrogen (secondary N) is 3. The molecule has 2 heterocycles. The highest BCUT2D eigenvalue weighted by molar-refractivity contribution is 5.99. The molecule has 2 aliphatic carbocycles. The minimum atomic E-state index is -2.50. The van der Waals surface area contributed by atoms with E-state index in [2.05, 4.69) is 88.2 Å². The van der Waals surface area contributed by atoms with E-state index in [0.29, 0.717) is 141 Å². The molecule has 526 valence electrons. The zero-order chi connectivity index (χ0) is 67.3. The number of carbonyl (C=O) groups excluding carboxylic acids is 2. The molecule has 0 bridgehead atoms. The molecule has 1 saturated heterocycles. The van der Waals surface area contributed by atoms with Crippen LogP contribution in [-0.2, 0) is 60.4 Å². The van der Waals surface area contributed by atoms with Gasteiger partial charge in [-0.1, -0.05) is 55.8 Å². The van der Waals surface area contributed by atoms with Crippen LogP contribution in [0.4, 0.5) is 22.0 Å². The highest BCUT2D eigenvalue weighted by Gasteiger charge is 2.49. The maximum absolute atomic E-state index is 13.6. The Morgan fingerprint density at radius 2 is 1.32 bits per heavy atom. The van der Waals surface area contributed by atoms with Gasteiger partial charge >= 0.3 is 5.97 Å². The molecule has 3 fully saturated rings. The lowest BCUT2D eigenvalue weighted by molar-refractivity contribution is -0.136. The Morgan fingerprint density at radius 3 is 1.85 bits per heavy atom. The van der Waals surface area contributed by atoms with E-state index in [0.717, 1.165) is 89.6 Å². The number of unbranched alkanes of at least 4 members (excludes halogenated alkanes) is 1. The first-order chi connectivity index (χ1) is 44.9. The van der Waals surface area contributed by atoms with E-state index in [4.69, 9.17) is 43.3 Å². The Morgan fingerprint density at radius 1 is 0.774 bits per heavy atom. The quantitative estimate of drug-likeness (QED) is 0.00911. The standard InChI is InChI=1S/C61H98F3N9O10.C7H10F2O/c1-7-47(2)49(4)71(22-17-57(67-6)51-14-9-8-10-15-51)44-48(3)73(50(5)65)60(66)52-42-61(43-52)19-13-21-70(46-61)20-12-11-16-54-45-72(69-68-54)23-25-76-27-29-78-31-33-80-35-37-82-39-38-81-36-34-79-32-30-77-28-26-75-24-18-58(74)83-59-55(63)40-53(62)41-56(59)64;8-7(9)3-1-6(5-10)2-4-7/h8-10,14-15,40-41,45,47-49,52,57,65-67H,7,11-13,16-39,42-44,46H2,1-6H3;5-6H,1-4H2. The van der Waals surface area contributed by atoms with Crippen LogP contribution in [0.3, 0.4) is 0 Å². The third-order valence-electron chi connectivity index (χ3n) is 17.7. The molecular formula is C68H108F5N9O11. The second-order valence-corrected chi connectivity index (χ2v) is 24.9. The Balaban J connectivity index is 0.00000143. The smallest absolute Gasteiger partial charge is 0.313 e. The number of benzene rings is 2. The summed E-state index contributed by atoms with van der Waals surface area (Å²) < 4.78 is 115. The summed E-state index contributed by atoms with van der Waals surface area (Å²) in [6, 6.07) is 12.3. The molecule has 0 amide bonds. The predicted molar refractivity (Wildman–Crippen MR) is 346 cm³/mol. The molecule has 25 heteroatoms. The van der Waals surface area contributed by atoms with Crippen LogP contribution in [-0.4, -0.2) is 217 Å². The summed E-state index contributed by atoms with van der Waals surface area (Å²) in [5.74, 6) is -6.32. The fraction of sp³-hybridized carbons (Fsp3) is 0.735. The summed E-state index contributed by atoms with van der Waals surface area (Å²) in [5, 5.41) is 30.6. The van der Waals surface area contributed by atoms with E-state index >= 15 is 0 Å². The first kappa shape index (κ1) is 78.8. The Kier molecular flexibility index (Phi) is 37.3. The SMILES string of the molecule is CCC(C)C(C)N(CCC(NC)c1ccccc1)CC(C)N(C(C)=N)C(=N)C1CC2(CCCN(CCCCc3cn(CCOCCOCCOCCOCCOCCOCCOCCOCCC(=O)Oc4c(F)cc(F)cc4F)nn3)C2)C1.O=CC1CCC(F)(F)CC1. The molecule has 1 spiro atoms. The topological polar surface area (TPSA) is 217 Å². The molecule has 3 aliphatic rings. The van der Waals surface area contributed by atoms with E-state index in [1.54, 1.807) is 0 Å². The second kappa shape index (κ2) is 44.0. The first-order valence-electron chi connectivity index (χ1n) is 33.7. The van der Waals surface area contributed by atoms with Gasteiger partial charge in [0.25, 0.3) is 0 Å². The molecule has 1 aliphatic heterocycles. The highest BCUT2D eigenvalue weighted by Crippen LogP contribution is 2.52. The Bertz CT molecular complexity index is 2540. The van der Waals surface area contributed by atoms with Crippen LogP contribution in [0.25, 0.3) is 0 Å². The molecule has 4 atom stereocenters. The van der Waals surface area contributed by atoms with Crippen molar-refractivity contribution in [2.24, 2.45) is 23.2 Å². The highest BCUT2D eigenvalue weighted by atomic mass is 19.3. The van der Waals surface area contributed by atoms with Crippen molar-refractivity contribution in [2.75, 3.05) is 145 Å². The summed E-state index contributed by atoms with van der Waals surface area (Å²) in [5.41, 5.74) is 2.59. The number of aldehydes is 1. The maximum Gasteiger partial charge on any atom is 0.313 e. The third-order valence-corrected chi connectivity index (χ3v) is 17.7. The Hall–Kier alpha value is -4.93. The molecule has 2 saturated carbocycles. The normalized spacial score (nSPS) is 17.7. The van der Waals surface area contributed by atoms with Gasteiger partial charge in [0.05, 0.1) is 130 Å². The molecule has 3 N–H and O–H groups in total. The van der Waals surface area contributed by atoms with Crippen molar-refractivity contribution in [3.8, 4) is 5.75 Å². The molecule has 0 radical (unpaired) electrons. The zero-order valence-electron chi connectivity index (χ0n) is 56.2. The van der Waals surface area contributed by atoms with E-state index in [-0.39, 0.29) is 68.4 Å². The first-order valence-corrected chi connectivity index (χ1v) is 33.7. The van der Waals surface area contributed by atoms with Crippen LogP contribution >= 0.6 is 0 Å². The van der Waals surface area contributed by atoms with Gasteiger partial charge in [0.2, 0.25) is 11.7 Å². The van der Waals surface area contributed by atoms with E-state index in [1.165, 1.54) is 18.4 Å². The van der Waals surface area contributed by atoms with Gasteiger partial charge in [-0.15, -0.1) is 5.10 Å². The lowest BCUT2D eigenvalue weighted by Crippen LogP contribution is -2.57. The van der Waals surface area contributed by atoms with E-state index in [1.807, 2.05) is 29.7 Å². The van der Waals surface area contributed by atoms with Gasteiger partial charge in [0.15, 0.2) is 11.6 Å².